The van der Waals surface area contributed by atoms with Crippen LogP contribution in [-0.2, 0) is 14.9 Å². The Morgan fingerprint density at radius 2 is 1.81 bits per heavy atom. The maximum absolute atomic E-state index is 12.5. The van der Waals surface area contributed by atoms with E-state index < -0.39 is 0 Å². The first kappa shape index (κ1) is 25.7. The predicted octanol–water partition coefficient (Wildman–Crippen LogP) is 2.62. The van der Waals surface area contributed by atoms with E-state index in [0.29, 0.717) is 19.8 Å². The summed E-state index contributed by atoms with van der Waals surface area (Å²) in [7, 11) is 1.88. The lowest BCUT2D eigenvalue weighted by molar-refractivity contribution is -0.136. The number of piperazine rings is 1. The van der Waals surface area contributed by atoms with E-state index in [2.05, 4.69) is 37.6 Å². The van der Waals surface area contributed by atoms with Gasteiger partial charge in [-0.15, -0.1) is 35.3 Å². The van der Waals surface area contributed by atoms with Gasteiger partial charge in [0, 0.05) is 63.2 Å². The predicted molar refractivity (Wildman–Crippen MR) is 141 cm³/mol. The van der Waals surface area contributed by atoms with Crippen LogP contribution in [0.15, 0.2) is 22.5 Å². The number of hydrogen-bond donors (Lipinski definition) is 1. The van der Waals surface area contributed by atoms with Gasteiger partial charge in [0.25, 0.3) is 0 Å². The molecule has 0 aromatic carbocycles. The molecular formula is C23H38IN5O2S. The Morgan fingerprint density at radius 1 is 1.09 bits per heavy atom. The molecule has 0 radical (unpaired) electrons. The Kier molecular flexibility index (Phi) is 10.1. The third-order valence-corrected chi connectivity index (χ3v) is 8.16. The highest BCUT2D eigenvalue weighted by atomic mass is 127. The lowest BCUT2D eigenvalue weighted by Gasteiger charge is -2.40. The minimum atomic E-state index is 0. The molecule has 0 spiro atoms. The molecular weight excluding hydrogens is 537 g/mol. The molecule has 4 rings (SSSR count). The van der Waals surface area contributed by atoms with Gasteiger partial charge in [-0.3, -0.25) is 14.7 Å². The van der Waals surface area contributed by atoms with Gasteiger partial charge in [-0.1, -0.05) is 25.3 Å². The molecule has 7 nitrogen and oxygen atoms in total. The Labute approximate surface area is 213 Å². The maximum Gasteiger partial charge on any atom is 0.236 e. The maximum atomic E-state index is 12.5. The second kappa shape index (κ2) is 12.5. The monoisotopic (exact) mass is 575 g/mol. The van der Waals surface area contributed by atoms with Crippen LogP contribution in [0.25, 0.3) is 0 Å². The number of guanidine groups is 1. The van der Waals surface area contributed by atoms with E-state index in [4.69, 9.17) is 4.74 Å². The van der Waals surface area contributed by atoms with E-state index >= 15 is 0 Å². The molecule has 0 bridgehead atoms. The van der Waals surface area contributed by atoms with Gasteiger partial charge < -0.3 is 19.9 Å². The first-order valence-electron chi connectivity index (χ1n) is 11.8. The molecule has 1 amide bonds. The summed E-state index contributed by atoms with van der Waals surface area (Å²) < 4.78 is 5.36. The van der Waals surface area contributed by atoms with E-state index in [9.17, 15) is 4.79 Å². The number of nitrogens with one attached hydrogen (secondary N) is 1. The van der Waals surface area contributed by atoms with Crippen molar-refractivity contribution in [1.29, 1.82) is 0 Å². The smallest absolute Gasteiger partial charge is 0.236 e. The van der Waals surface area contributed by atoms with Crippen molar-refractivity contribution >= 4 is 47.2 Å². The van der Waals surface area contributed by atoms with Gasteiger partial charge in [-0.25, -0.2) is 0 Å². The average Bonchev–Trinajstić information content (AvgIpc) is 3.37. The highest BCUT2D eigenvalue weighted by molar-refractivity contribution is 14.0. The first-order chi connectivity index (χ1) is 15.2. The first-order valence-corrected chi connectivity index (χ1v) is 12.7. The molecule has 3 aliphatic rings. The van der Waals surface area contributed by atoms with Gasteiger partial charge in [0.1, 0.15) is 0 Å². The fourth-order valence-electron chi connectivity index (χ4n) is 5.12. The number of hydrogen-bond acceptors (Lipinski definition) is 5. The number of nitrogens with zero attached hydrogens (tertiary/aromatic N) is 4. The zero-order valence-corrected chi connectivity index (χ0v) is 22.4. The SMILES string of the molecule is CN=C(NCC1(c2cccs2)CCCCC1)N1CCN(CC(=O)N2CCOCC2)CC1.I. The average molecular weight is 576 g/mol. The zero-order chi connectivity index (χ0) is 21.5. The van der Waals surface area contributed by atoms with Crippen LogP contribution in [0.5, 0.6) is 0 Å². The molecule has 2 aliphatic heterocycles. The number of amides is 1. The van der Waals surface area contributed by atoms with Crippen LogP contribution in [0.3, 0.4) is 0 Å². The van der Waals surface area contributed by atoms with E-state index in [1.54, 1.807) is 0 Å². The lowest BCUT2D eigenvalue weighted by Crippen LogP contribution is -2.56. The van der Waals surface area contributed by atoms with Crippen LogP contribution in [0.1, 0.15) is 37.0 Å². The summed E-state index contributed by atoms with van der Waals surface area (Å²) in [6, 6.07) is 4.49. The zero-order valence-electron chi connectivity index (χ0n) is 19.3. The number of rotatable bonds is 5. The second-order valence-corrected chi connectivity index (χ2v) is 9.92. The second-order valence-electron chi connectivity index (χ2n) is 8.98. The summed E-state index contributed by atoms with van der Waals surface area (Å²) in [6.45, 7) is 7.84. The molecule has 1 saturated carbocycles. The number of halogens is 1. The van der Waals surface area contributed by atoms with E-state index in [1.165, 1.54) is 37.0 Å². The summed E-state index contributed by atoms with van der Waals surface area (Å²) >= 11 is 1.90. The van der Waals surface area contributed by atoms with E-state index in [-0.39, 0.29) is 35.3 Å². The Balaban J connectivity index is 0.00000289. The van der Waals surface area contributed by atoms with Crippen LogP contribution in [0.2, 0.25) is 0 Å². The third kappa shape index (κ3) is 6.36. The van der Waals surface area contributed by atoms with Crippen LogP contribution in [0.4, 0.5) is 0 Å². The number of morpholine rings is 1. The minimum Gasteiger partial charge on any atom is -0.378 e. The minimum absolute atomic E-state index is 0. The van der Waals surface area contributed by atoms with Crippen LogP contribution >= 0.6 is 35.3 Å². The summed E-state index contributed by atoms with van der Waals surface area (Å²) in [5.41, 5.74) is 0.245. The molecule has 1 aliphatic carbocycles. The Hall–Kier alpha value is -0.910. The Bertz CT molecular complexity index is 725. The quantitative estimate of drug-likeness (QED) is 0.333. The van der Waals surface area contributed by atoms with Gasteiger partial charge >= 0.3 is 0 Å². The molecule has 180 valence electrons. The Morgan fingerprint density at radius 3 is 2.44 bits per heavy atom. The van der Waals surface area contributed by atoms with Gasteiger partial charge in [0.2, 0.25) is 5.91 Å². The molecule has 3 heterocycles. The van der Waals surface area contributed by atoms with Crippen molar-refractivity contribution < 1.29 is 9.53 Å². The molecule has 1 aromatic heterocycles. The van der Waals surface area contributed by atoms with Crippen LogP contribution in [-0.4, -0.2) is 99.2 Å². The molecule has 0 unspecified atom stereocenters. The number of thiophene rings is 1. The summed E-state index contributed by atoms with van der Waals surface area (Å²) in [6.07, 6.45) is 6.50. The van der Waals surface area contributed by atoms with E-state index in [1.807, 2.05) is 23.3 Å². The van der Waals surface area contributed by atoms with Crippen molar-refractivity contribution in [3.8, 4) is 0 Å². The van der Waals surface area contributed by atoms with Crippen molar-refractivity contribution in [3.63, 3.8) is 0 Å². The highest BCUT2D eigenvalue weighted by Gasteiger charge is 2.35. The molecule has 3 fully saturated rings. The number of ether oxygens (including phenoxy) is 1. The molecule has 0 atom stereocenters. The van der Waals surface area contributed by atoms with Crippen LogP contribution < -0.4 is 5.32 Å². The largest absolute Gasteiger partial charge is 0.378 e. The van der Waals surface area contributed by atoms with E-state index in [0.717, 1.165) is 51.8 Å². The van der Waals surface area contributed by atoms with Gasteiger partial charge in [0.05, 0.1) is 19.8 Å². The molecule has 1 aromatic rings. The van der Waals surface area contributed by atoms with Crippen molar-refractivity contribution in [2.75, 3.05) is 72.6 Å². The topological polar surface area (TPSA) is 60.4 Å². The summed E-state index contributed by atoms with van der Waals surface area (Å²) in [5, 5.41) is 5.93. The normalized spacial score (nSPS) is 22.3. The molecule has 1 N–H and O–H groups in total. The van der Waals surface area contributed by atoms with Crippen molar-refractivity contribution in [2.45, 2.75) is 37.5 Å². The third-order valence-electron chi connectivity index (χ3n) is 7.05. The van der Waals surface area contributed by atoms with Crippen molar-refractivity contribution in [1.82, 2.24) is 20.0 Å². The highest BCUT2D eigenvalue weighted by Crippen LogP contribution is 2.41. The standard InChI is InChI=1S/C23H37N5O2S.HI/c1-24-22(25-19-23(7-3-2-4-8-23)20-6-5-17-31-20)28-11-9-26(10-12-28)18-21(29)27-13-15-30-16-14-27;/h5-6,17H,2-4,7-16,18-19H2,1H3,(H,24,25);1H. The number of aliphatic imine (C=N–C) groups is 1. The van der Waals surface area contributed by atoms with Gasteiger partial charge in [0.15, 0.2) is 5.96 Å². The fraction of sp³-hybridized carbons (Fsp3) is 0.739. The molecule has 9 heteroatoms. The van der Waals surface area contributed by atoms with Crippen molar-refractivity contribution in [3.05, 3.63) is 22.4 Å². The van der Waals surface area contributed by atoms with Gasteiger partial charge in [-0.05, 0) is 24.3 Å². The lowest BCUT2D eigenvalue weighted by atomic mass is 9.73. The van der Waals surface area contributed by atoms with Crippen LogP contribution in [0, 0.1) is 0 Å². The number of carbonyl (C=O) groups excluding carboxylic acids is 1. The van der Waals surface area contributed by atoms with Crippen molar-refractivity contribution in [2.24, 2.45) is 4.99 Å². The molecule has 2 saturated heterocycles. The summed E-state index contributed by atoms with van der Waals surface area (Å²) in [4.78, 5) is 25.2. The molecule has 32 heavy (non-hydrogen) atoms. The summed E-state index contributed by atoms with van der Waals surface area (Å²) in [5.74, 6) is 1.23. The van der Waals surface area contributed by atoms with Gasteiger partial charge in [-0.2, -0.15) is 0 Å². The number of carbonyl (C=O) groups is 1. The fourth-order valence-corrected chi connectivity index (χ4v) is 6.11.